The molecule has 1 aromatic heterocycles. The van der Waals surface area contributed by atoms with E-state index in [1.165, 1.54) is 0 Å². The highest BCUT2D eigenvalue weighted by molar-refractivity contribution is 4.46. The summed E-state index contributed by atoms with van der Waals surface area (Å²) in [6, 6.07) is 0. The van der Waals surface area contributed by atoms with E-state index in [1.807, 2.05) is 0 Å². The fraction of sp³-hybridized carbons (Fsp3) is 0.667. The zero-order valence-electron chi connectivity index (χ0n) is 7.09. The Morgan fingerprint density at radius 1 is 1.53 bits per heavy atom. The van der Waals surface area contributed by atoms with E-state index in [2.05, 4.69) is 25.5 Å². The molecule has 15 heavy (non-hydrogen) atoms. The molecule has 0 spiro atoms. The number of hydrogen-bond donors (Lipinski definition) is 0. The second-order valence-corrected chi connectivity index (χ2v) is 2.10. The van der Waals surface area contributed by atoms with Gasteiger partial charge in [0.05, 0.1) is 0 Å². The van der Waals surface area contributed by atoms with E-state index >= 15 is 0 Å². The highest BCUT2D eigenvalue weighted by atomic mass is 16.9. The summed E-state index contributed by atoms with van der Waals surface area (Å²) < 4.78 is 0.909. The second kappa shape index (κ2) is 4.64. The van der Waals surface area contributed by atoms with Gasteiger partial charge in [-0.1, -0.05) is 0 Å². The summed E-state index contributed by atoms with van der Waals surface area (Å²) in [5, 5.41) is 30.3. The maximum absolute atomic E-state index is 9.99. The summed E-state index contributed by atoms with van der Waals surface area (Å²) in [6.45, 7) is -0.432. The van der Waals surface area contributed by atoms with E-state index in [-0.39, 0.29) is 18.8 Å². The first kappa shape index (κ1) is 10.6. The minimum atomic E-state index is -0.991. The fourth-order valence-corrected chi connectivity index (χ4v) is 0.691. The van der Waals surface area contributed by atoms with Crippen molar-refractivity contribution in [3.63, 3.8) is 0 Å². The quantitative estimate of drug-likeness (QED) is 0.389. The molecular weight excluding hydrogens is 214 g/mol. The number of nitro groups is 1. The van der Waals surface area contributed by atoms with Crippen LogP contribution in [-0.4, -0.2) is 31.8 Å². The van der Waals surface area contributed by atoms with Crippen molar-refractivity contribution < 1.29 is 15.0 Å². The van der Waals surface area contributed by atoms with Gasteiger partial charge in [0, 0.05) is 6.54 Å². The van der Waals surface area contributed by atoms with Gasteiger partial charge in [-0.25, -0.2) is 20.4 Å². The van der Waals surface area contributed by atoms with Crippen LogP contribution in [-0.2, 0) is 11.4 Å². The molecule has 82 valence electrons. The molecule has 0 saturated heterocycles. The zero-order chi connectivity index (χ0) is 11.3. The molecule has 0 bridgehead atoms. The SMILES string of the molecule is O=[N+]([O-])/N=c1\[n-]nnn1CCO[N+](=O)[O-]. The van der Waals surface area contributed by atoms with Gasteiger partial charge in [-0.05, 0) is 5.10 Å². The lowest BCUT2D eigenvalue weighted by molar-refractivity contribution is -0.758. The van der Waals surface area contributed by atoms with Crippen LogP contribution >= 0.6 is 0 Å². The van der Waals surface area contributed by atoms with E-state index < -0.39 is 10.1 Å². The van der Waals surface area contributed by atoms with Gasteiger partial charge in [0.2, 0.25) is 0 Å². The van der Waals surface area contributed by atoms with Crippen molar-refractivity contribution in [2.75, 3.05) is 6.61 Å². The Morgan fingerprint density at radius 3 is 2.87 bits per heavy atom. The summed E-state index contributed by atoms with van der Waals surface area (Å²) in [4.78, 5) is 23.7. The van der Waals surface area contributed by atoms with Crippen molar-refractivity contribution in [2.45, 2.75) is 6.54 Å². The summed E-state index contributed by atoms with van der Waals surface area (Å²) in [7, 11) is 0. The van der Waals surface area contributed by atoms with E-state index in [0.29, 0.717) is 0 Å². The maximum atomic E-state index is 9.99. The predicted octanol–water partition coefficient (Wildman–Crippen LogP) is -2.46. The van der Waals surface area contributed by atoms with Crippen LogP contribution in [0, 0.1) is 20.2 Å². The van der Waals surface area contributed by atoms with Crippen LogP contribution in [0.5, 0.6) is 0 Å². The normalized spacial score (nSPS) is 11.3. The molecule has 0 aliphatic carbocycles. The smallest absolute Gasteiger partial charge is 0.294 e. The maximum Gasteiger partial charge on any atom is 0.294 e. The molecule has 0 radical (unpaired) electrons. The van der Waals surface area contributed by atoms with E-state index in [9.17, 15) is 20.2 Å². The summed E-state index contributed by atoms with van der Waals surface area (Å²) >= 11 is 0. The predicted molar refractivity (Wildman–Crippen MR) is 38.8 cm³/mol. The third kappa shape index (κ3) is 3.37. The van der Waals surface area contributed by atoms with Crippen LogP contribution in [0.3, 0.4) is 0 Å². The molecule has 12 nitrogen and oxygen atoms in total. The van der Waals surface area contributed by atoms with Gasteiger partial charge in [0.25, 0.3) is 5.09 Å². The Kier molecular flexibility index (Phi) is 3.26. The van der Waals surface area contributed by atoms with E-state index in [0.717, 1.165) is 4.68 Å². The average Bonchev–Trinajstić information content (AvgIpc) is 2.51. The van der Waals surface area contributed by atoms with Crippen molar-refractivity contribution in [2.24, 2.45) is 5.10 Å². The zero-order valence-corrected chi connectivity index (χ0v) is 7.09. The molecule has 0 fully saturated rings. The Balaban J connectivity index is 2.66. The molecule has 0 saturated carbocycles. The van der Waals surface area contributed by atoms with Crippen molar-refractivity contribution in [3.05, 3.63) is 25.8 Å². The van der Waals surface area contributed by atoms with Crippen molar-refractivity contribution in [3.8, 4) is 0 Å². The Hall–Kier alpha value is -2.53. The molecule has 0 amide bonds. The van der Waals surface area contributed by atoms with Gasteiger partial charge >= 0.3 is 0 Å². The lowest BCUT2D eigenvalue weighted by Gasteiger charge is -2.02. The number of hydrogen-bond acceptors (Lipinski definition) is 7. The minimum Gasteiger partial charge on any atom is -0.324 e. The number of rotatable bonds is 5. The molecule has 1 aromatic rings. The molecule has 0 aliphatic rings. The fourth-order valence-electron chi connectivity index (χ4n) is 0.691. The first-order valence-corrected chi connectivity index (χ1v) is 3.49. The Bertz CT molecular complexity index is 418. The van der Waals surface area contributed by atoms with Gasteiger partial charge in [-0.15, -0.1) is 15.3 Å². The van der Waals surface area contributed by atoms with Crippen LogP contribution in [0.1, 0.15) is 0 Å². The molecule has 0 unspecified atom stereocenters. The summed E-state index contributed by atoms with van der Waals surface area (Å²) in [5.74, 6) is 0. The highest BCUT2D eigenvalue weighted by Crippen LogP contribution is 1.78. The van der Waals surface area contributed by atoms with Crippen LogP contribution in [0.2, 0.25) is 0 Å². The first-order valence-electron chi connectivity index (χ1n) is 3.49. The summed E-state index contributed by atoms with van der Waals surface area (Å²) in [6.07, 6.45) is 0. The third-order valence-electron chi connectivity index (χ3n) is 1.18. The molecule has 0 atom stereocenters. The molecule has 1 rings (SSSR count). The Labute approximate surface area is 80.4 Å². The van der Waals surface area contributed by atoms with Crippen LogP contribution in [0.15, 0.2) is 5.10 Å². The van der Waals surface area contributed by atoms with Gasteiger partial charge in [-0.3, -0.25) is 0 Å². The number of tetrazole rings is 1. The highest BCUT2D eigenvalue weighted by Gasteiger charge is 1.96. The number of nitrogens with zero attached hydrogens (tertiary/aromatic N) is 7. The molecular formula is C3H4N7O5-. The molecule has 1 heterocycles. The third-order valence-corrected chi connectivity index (χ3v) is 1.18. The van der Waals surface area contributed by atoms with Gasteiger partial charge < -0.3 is 9.52 Å². The second-order valence-electron chi connectivity index (χ2n) is 2.10. The van der Waals surface area contributed by atoms with Crippen molar-refractivity contribution >= 4 is 0 Å². The largest absolute Gasteiger partial charge is 0.324 e. The van der Waals surface area contributed by atoms with E-state index in [4.69, 9.17) is 0 Å². The van der Waals surface area contributed by atoms with Gasteiger partial charge in [0.1, 0.15) is 11.6 Å². The van der Waals surface area contributed by atoms with Gasteiger partial charge in [0.15, 0.2) is 5.62 Å². The topological polar surface area (TPSA) is 153 Å². The van der Waals surface area contributed by atoms with E-state index in [1.54, 1.807) is 0 Å². The van der Waals surface area contributed by atoms with Crippen molar-refractivity contribution in [1.82, 2.24) is 20.2 Å². The Morgan fingerprint density at radius 2 is 2.27 bits per heavy atom. The molecule has 12 heteroatoms. The monoisotopic (exact) mass is 218 g/mol. The molecule has 0 N–H and O–H groups in total. The van der Waals surface area contributed by atoms with Crippen molar-refractivity contribution in [1.29, 1.82) is 0 Å². The molecule has 0 aliphatic heterocycles. The summed E-state index contributed by atoms with van der Waals surface area (Å²) in [5.41, 5.74) is -0.355. The van der Waals surface area contributed by atoms with Crippen LogP contribution in [0.4, 0.5) is 0 Å². The standard InChI is InChI=1S/C3H4N7O5/c11-9(12)5-3-4-6-7-8(3)1-2-15-10(13)14/h1-2H2/q-1. The molecule has 0 aromatic carbocycles. The van der Waals surface area contributed by atoms with Crippen LogP contribution in [0.25, 0.3) is 0 Å². The lowest BCUT2D eigenvalue weighted by Crippen LogP contribution is -2.25. The minimum absolute atomic E-state index is 0.110. The first-order chi connectivity index (χ1) is 7.09. The van der Waals surface area contributed by atoms with Crippen LogP contribution < -0.4 is 10.7 Å². The average molecular weight is 218 g/mol. The number of aromatic nitrogens is 4. The lowest BCUT2D eigenvalue weighted by atomic mass is 10.7. The van der Waals surface area contributed by atoms with Gasteiger partial charge in [-0.2, -0.15) is 0 Å².